The van der Waals surface area contributed by atoms with E-state index in [0.717, 1.165) is 89.9 Å². The van der Waals surface area contributed by atoms with Crippen LogP contribution in [0.15, 0.2) is 0 Å². The van der Waals surface area contributed by atoms with Crippen molar-refractivity contribution in [3.8, 4) is 0 Å². The number of aliphatic carboxylic acids is 7. The summed E-state index contributed by atoms with van der Waals surface area (Å²) in [5.74, 6) is -4.57. The smallest absolute Gasteiger partial charge is 0.481 e. The van der Waals surface area contributed by atoms with Gasteiger partial charge in [-0.1, -0.05) is 678 Å². The van der Waals surface area contributed by atoms with Gasteiger partial charge in [-0.3, -0.25) is 33.6 Å². The molecule has 14 nitrogen and oxygen atoms in total. The number of carboxylic acids is 7. The topological polar surface area (TPSA) is 261 Å². The first-order valence-corrected chi connectivity index (χ1v) is 62.9. The molecule has 0 aromatic rings. The maximum absolute atomic E-state index is 10.3. The average Bonchev–Trinajstić information content (AvgIpc) is 1.11. The van der Waals surface area contributed by atoms with E-state index in [1.165, 1.54) is 584 Å². The molecule has 21 heteroatoms. The Morgan fingerprint density at radius 3 is 0.170 bits per heavy atom. The Hall–Kier alpha value is 5.11. The summed E-state index contributed by atoms with van der Waals surface area (Å²) < 4.78 is 0. The molecule has 0 amide bonds. The summed E-state index contributed by atoms with van der Waals surface area (Å²) in [5, 5.41) is 59.6. The van der Waals surface area contributed by atoms with Gasteiger partial charge in [0.2, 0.25) is 0 Å². The van der Waals surface area contributed by atoms with Crippen LogP contribution in [-0.4, -0.2) is 342 Å². The van der Waals surface area contributed by atoms with Gasteiger partial charge in [-0.05, 0) is 44.9 Å². The number of rotatable bonds is 112. The predicted octanol–water partition coefficient (Wildman–Crippen LogP) is 41.7. The standard InChI is InChI=1S/7C18H36O2.7Ca/c7*1-2-3-4-5-6-7-8-9-10-11-12-13-14-15-16-17-18(19)20;;;;;;;/h7*2-17H2,1H3,(H,19,20);;;;;;;/q;;;;;;;7*+2. The number of carboxylic acid groups (broad SMARTS) is 7. The fourth-order valence-corrected chi connectivity index (χ4v) is 18.5. The van der Waals surface area contributed by atoms with E-state index in [9.17, 15) is 33.6 Å². The van der Waals surface area contributed by atoms with Crippen molar-refractivity contribution in [3.63, 3.8) is 0 Å². The zero-order chi connectivity index (χ0) is 104. The third-order valence-electron chi connectivity index (χ3n) is 28.0. The number of hydrogen-bond acceptors (Lipinski definition) is 7. The molecule has 0 heterocycles. The van der Waals surface area contributed by atoms with Crippen LogP contribution in [0.2, 0.25) is 0 Å². The van der Waals surface area contributed by atoms with Crippen molar-refractivity contribution >= 4 is 306 Å². The van der Waals surface area contributed by atoms with Gasteiger partial charge in [-0.15, -0.1) is 0 Å². The SMILES string of the molecule is CCCCCCCCCCCCCCCCCC(=O)O.CCCCCCCCCCCCCCCCCC(=O)O.CCCCCCCCCCCCCCCCCC(=O)O.CCCCCCCCCCCCCCCCCC(=O)O.CCCCCCCCCCCCCCCCCC(=O)O.CCCCCCCCCCCCCCCCCC(=O)O.CCCCCCCCCCCCCCCCCC(=O)O.[Ca+2].[Ca+2].[Ca+2].[Ca+2].[Ca+2].[Ca+2].[Ca+2]. The normalized spacial score (nSPS) is 10.3. The van der Waals surface area contributed by atoms with Gasteiger partial charge in [0.15, 0.2) is 0 Å². The first kappa shape index (κ1) is 182. The van der Waals surface area contributed by atoms with Crippen LogP contribution < -0.4 is 0 Å². The molecule has 7 N–H and O–H groups in total. The maximum Gasteiger partial charge on any atom is 2.00 e. The van der Waals surface area contributed by atoms with Gasteiger partial charge in [0.25, 0.3) is 0 Å². The van der Waals surface area contributed by atoms with Gasteiger partial charge >= 0.3 is 306 Å². The Labute approximate surface area is 1130 Å². The molecule has 0 fully saturated rings. The van der Waals surface area contributed by atoms with Gasteiger partial charge in [0, 0.05) is 44.9 Å². The van der Waals surface area contributed by atoms with Crippen LogP contribution in [0, 0.1) is 0 Å². The third-order valence-corrected chi connectivity index (χ3v) is 28.0. The van der Waals surface area contributed by atoms with Gasteiger partial charge in [-0.2, -0.15) is 0 Å². The van der Waals surface area contributed by atoms with Crippen molar-refractivity contribution in [1.82, 2.24) is 0 Å². The predicted molar refractivity (Wildman–Crippen MR) is 651 cm³/mol. The van der Waals surface area contributed by atoms with Gasteiger partial charge in [0.1, 0.15) is 0 Å². The number of hydrogen-bond donors (Lipinski definition) is 7. The van der Waals surface area contributed by atoms with Crippen LogP contribution in [0.25, 0.3) is 0 Å². The summed E-state index contributed by atoms with van der Waals surface area (Å²) in [4.78, 5) is 72.3. The van der Waals surface area contributed by atoms with Crippen molar-refractivity contribution < 1.29 is 69.3 Å². The monoisotopic (exact) mass is 2270 g/mol. The minimum atomic E-state index is -0.653. The second-order valence-corrected chi connectivity index (χ2v) is 42.7. The van der Waals surface area contributed by atoms with E-state index in [1.807, 2.05) is 0 Å². The van der Waals surface area contributed by atoms with Gasteiger partial charge < -0.3 is 35.7 Å². The average molecular weight is 2270 g/mol. The molecule has 0 saturated carbocycles. The molecule has 0 aliphatic heterocycles. The molecule has 840 valence electrons. The fraction of sp³-hybridized carbons (Fsp3) is 0.944. The molecule has 0 radical (unpaired) electrons. The maximum atomic E-state index is 10.3. The van der Waals surface area contributed by atoms with Crippen molar-refractivity contribution in [2.75, 3.05) is 0 Å². The molecule has 0 aliphatic rings. The van der Waals surface area contributed by atoms with Gasteiger partial charge in [0.05, 0.1) is 0 Å². The zero-order valence-corrected chi connectivity index (χ0v) is 116. The molecule has 0 aliphatic carbocycles. The van der Waals surface area contributed by atoms with E-state index in [0.29, 0.717) is 44.9 Å². The Kier molecular flexibility index (Phi) is 221. The summed E-state index contributed by atoms with van der Waals surface area (Å²) in [6, 6.07) is 0. The van der Waals surface area contributed by atoms with E-state index in [-0.39, 0.29) is 264 Å². The summed E-state index contributed by atoms with van der Waals surface area (Å²) in [6.07, 6.45) is 141. The van der Waals surface area contributed by atoms with E-state index in [2.05, 4.69) is 48.5 Å². The summed E-state index contributed by atoms with van der Waals surface area (Å²) in [7, 11) is 0. The van der Waals surface area contributed by atoms with Crippen molar-refractivity contribution in [2.24, 2.45) is 0 Å². The fourth-order valence-electron chi connectivity index (χ4n) is 18.5. The molecule has 0 aromatic carbocycles. The summed E-state index contributed by atoms with van der Waals surface area (Å²) in [6.45, 7) is 15.9. The molecule has 147 heavy (non-hydrogen) atoms. The first-order chi connectivity index (χ1) is 68.4. The second kappa shape index (κ2) is 179. The number of carbonyl (C=O) groups is 7. The van der Waals surface area contributed by atoms with Crippen LogP contribution in [-0.2, 0) is 33.6 Å². The molecule has 0 aromatic heterocycles. The quantitative estimate of drug-likeness (QED) is 0.0221. The van der Waals surface area contributed by atoms with Crippen LogP contribution in [0.3, 0.4) is 0 Å². The van der Waals surface area contributed by atoms with Gasteiger partial charge in [-0.25, -0.2) is 0 Å². The molecule has 0 bridgehead atoms. The third kappa shape index (κ3) is 218. The summed E-state index contributed by atoms with van der Waals surface area (Å²) >= 11 is 0. The molecule has 0 saturated heterocycles. The molecule has 0 atom stereocenters. The Bertz CT molecular complexity index is 1880. The summed E-state index contributed by atoms with van der Waals surface area (Å²) in [5.41, 5.74) is 0. The molecule has 0 rings (SSSR count). The van der Waals surface area contributed by atoms with E-state index in [4.69, 9.17) is 35.7 Å². The van der Waals surface area contributed by atoms with Crippen molar-refractivity contribution in [2.45, 2.75) is 768 Å². The minimum absolute atomic E-state index is 0. The first-order valence-electron chi connectivity index (χ1n) is 62.9. The van der Waals surface area contributed by atoms with Crippen molar-refractivity contribution in [3.05, 3.63) is 0 Å². The Morgan fingerprint density at radius 2 is 0.129 bits per heavy atom. The van der Waals surface area contributed by atoms with E-state index < -0.39 is 41.8 Å². The van der Waals surface area contributed by atoms with E-state index >= 15 is 0 Å². The largest absolute Gasteiger partial charge is 2.00 e. The Balaban J connectivity index is -0.000000116. The second-order valence-electron chi connectivity index (χ2n) is 42.7. The Morgan fingerprint density at radius 1 is 0.0884 bits per heavy atom. The minimum Gasteiger partial charge on any atom is -0.481 e. The molecule has 0 spiro atoms. The molecular formula is C126H252Ca7O14+14. The van der Waals surface area contributed by atoms with Crippen LogP contribution >= 0.6 is 0 Å². The van der Waals surface area contributed by atoms with Crippen LogP contribution in [0.4, 0.5) is 0 Å². The number of unbranched alkanes of at least 4 members (excludes halogenated alkanes) is 98. The van der Waals surface area contributed by atoms with Crippen LogP contribution in [0.1, 0.15) is 768 Å². The van der Waals surface area contributed by atoms with Crippen molar-refractivity contribution in [1.29, 1.82) is 0 Å². The molecular weight excluding hydrogens is 2020 g/mol. The van der Waals surface area contributed by atoms with E-state index in [1.54, 1.807) is 0 Å². The molecule has 0 unspecified atom stereocenters. The zero-order valence-electron chi connectivity index (χ0n) is 101. The van der Waals surface area contributed by atoms with Crippen LogP contribution in [0.5, 0.6) is 0 Å².